The van der Waals surface area contributed by atoms with Gasteiger partial charge < -0.3 is 5.32 Å². The first-order valence-electron chi connectivity index (χ1n) is 6.70. The number of nitrogens with one attached hydrogen (secondary N) is 1. The summed E-state index contributed by atoms with van der Waals surface area (Å²) < 4.78 is 26.6. The minimum Gasteiger partial charge on any atom is -0.370 e. The molecular weight excluding hydrogens is 260 g/mol. The van der Waals surface area contributed by atoms with Crippen molar-refractivity contribution in [1.82, 2.24) is 9.97 Å². The van der Waals surface area contributed by atoms with Crippen molar-refractivity contribution in [3.63, 3.8) is 0 Å². The lowest BCUT2D eigenvalue weighted by molar-refractivity contribution is 0.584. The van der Waals surface area contributed by atoms with Gasteiger partial charge in [-0.3, -0.25) is 0 Å². The van der Waals surface area contributed by atoms with Gasteiger partial charge >= 0.3 is 0 Å². The molecule has 106 valence electrons. The number of halogens is 2. The Balaban J connectivity index is 2.48. The molecule has 0 aliphatic carbocycles. The first-order valence-corrected chi connectivity index (χ1v) is 6.70. The van der Waals surface area contributed by atoms with Gasteiger partial charge in [0, 0.05) is 29.9 Å². The summed E-state index contributed by atoms with van der Waals surface area (Å²) in [7, 11) is 0. The normalized spacial score (nSPS) is 10.6. The minimum absolute atomic E-state index is 0.338. The Hall–Kier alpha value is -2.04. The zero-order chi connectivity index (χ0) is 14.5. The second kappa shape index (κ2) is 6.41. The van der Waals surface area contributed by atoms with Crippen molar-refractivity contribution in [2.24, 2.45) is 0 Å². The third-order valence-electron chi connectivity index (χ3n) is 2.76. The highest BCUT2D eigenvalue weighted by Gasteiger charge is 2.09. The predicted octanol–water partition coefficient (Wildman–Crippen LogP) is 3.81. The van der Waals surface area contributed by atoms with Crippen molar-refractivity contribution in [1.29, 1.82) is 0 Å². The van der Waals surface area contributed by atoms with Gasteiger partial charge in [-0.15, -0.1) is 0 Å². The van der Waals surface area contributed by atoms with Crippen LogP contribution in [0.1, 0.15) is 26.0 Å². The van der Waals surface area contributed by atoms with E-state index in [1.165, 1.54) is 12.1 Å². The number of nitrogens with zero attached hydrogens (tertiary/aromatic N) is 2. The molecule has 2 aromatic rings. The molecule has 1 heterocycles. The van der Waals surface area contributed by atoms with Gasteiger partial charge in [0.2, 0.25) is 0 Å². The molecule has 2 rings (SSSR count). The molecule has 20 heavy (non-hydrogen) atoms. The van der Waals surface area contributed by atoms with Crippen LogP contribution in [-0.4, -0.2) is 16.5 Å². The van der Waals surface area contributed by atoms with Gasteiger partial charge in [0.1, 0.15) is 17.5 Å². The highest BCUT2D eigenvalue weighted by molar-refractivity contribution is 5.57. The molecule has 0 radical (unpaired) electrons. The standard InChI is InChI=1S/C15H17F2N3/c1-3-5-13-9-14(18-4-2)20-15(19-13)10-6-11(16)8-12(17)7-10/h6-9H,3-5H2,1-2H3,(H,18,19,20). The molecule has 0 aliphatic heterocycles. The molecule has 0 saturated heterocycles. The maximum Gasteiger partial charge on any atom is 0.161 e. The van der Waals surface area contributed by atoms with Crippen LogP contribution in [0.5, 0.6) is 0 Å². The van der Waals surface area contributed by atoms with E-state index in [0.29, 0.717) is 17.2 Å². The fourth-order valence-corrected chi connectivity index (χ4v) is 1.97. The van der Waals surface area contributed by atoms with Crippen molar-refractivity contribution < 1.29 is 8.78 Å². The van der Waals surface area contributed by atoms with Gasteiger partial charge in [-0.1, -0.05) is 13.3 Å². The number of aromatic nitrogens is 2. The number of aryl methyl sites for hydroxylation is 1. The van der Waals surface area contributed by atoms with Gasteiger partial charge in [0.15, 0.2) is 5.82 Å². The van der Waals surface area contributed by atoms with Crippen molar-refractivity contribution >= 4 is 5.82 Å². The summed E-state index contributed by atoms with van der Waals surface area (Å²) in [6.45, 7) is 4.74. The van der Waals surface area contributed by atoms with Crippen molar-refractivity contribution in [3.8, 4) is 11.4 Å². The number of benzene rings is 1. The van der Waals surface area contributed by atoms with Crippen LogP contribution in [0.15, 0.2) is 24.3 Å². The van der Waals surface area contributed by atoms with E-state index >= 15 is 0 Å². The Labute approximate surface area is 117 Å². The quantitative estimate of drug-likeness (QED) is 0.903. The largest absolute Gasteiger partial charge is 0.370 e. The highest BCUT2D eigenvalue weighted by atomic mass is 19.1. The second-order valence-corrected chi connectivity index (χ2v) is 4.51. The molecule has 0 bridgehead atoms. The Bertz CT molecular complexity index is 555. The van der Waals surface area contributed by atoms with Crippen LogP contribution in [0, 0.1) is 11.6 Å². The molecular formula is C15H17F2N3. The topological polar surface area (TPSA) is 37.8 Å². The van der Waals surface area contributed by atoms with Gasteiger partial charge in [-0.05, 0) is 25.5 Å². The molecule has 0 saturated carbocycles. The smallest absolute Gasteiger partial charge is 0.161 e. The summed E-state index contributed by atoms with van der Waals surface area (Å²) in [6.07, 6.45) is 1.74. The van der Waals surface area contributed by atoms with E-state index in [4.69, 9.17) is 0 Å². The Morgan fingerprint density at radius 3 is 2.30 bits per heavy atom. The molecule has 0 aliphatic rings. The molecule has 0 spiro atoms. The summed E-state index contributed by atoms with van der Waals surface area (Å²) >= 11 is 0. The van der Waals surface area contributed by atoms with Gasteiger partial charge in [0.25, 0.3) is 0 Å². The van der Waals surface area contributed by atoms with Crippen LogP contribution in [-0.2, 0) is 6.42 Å². The van der Waals surface area contributed by atoms with E-state index in [1.54, 1.807) is 0 Å². The monoisotopic (exact) mass is 277 g/mol. The Kier molecular flexibility index (Phi) is 4.61. The van der Waals surface area contributed by atoms with E-state index in [1.807, 2.05) is 13.0 Å². The number of anilines is 1. The SMILES string of the molecule is CCCc1cc(NCC)nc(-c2cc(F)cc(F)c2)n1. The van der Waals surface area contributed by atoms with Gasteiger partial charge in [-0.25, -0.2) is 18.7 Å². The number of hydrogen-bond donors (Lipinski definition) is 1. The third-order valence-corrected chi connectivity index (χ3v) is 2.76. The van der Waals surface area contributed by atoms with Crippen molar-refractivity contribution in [3.05, 3.63) is 41.6 Å². The van der Waals surface area contributed by atoms with E-state index in [9.17, 15) is 8.78 Å². The van der Waals surface area contributed by atoms with Crippen LogP contribution in [0.4, 0.5) is 14.6 Å². The molecule has 0 amide bonds. The molecule has 3 nitrogen and oxygen atoms in total. The molecule has 0 atom stereocenters. The second-order valence-electron chi connectivity index (χ2n) is 4.51. The van der Waals surface area contributed by atoms with Crippen LogP contribution in [0.3, 0.4) is 0 Å². The zero-order valence-corrected chi connectivity index (χ0v) is 11.6. The molecule has 0 fully saturated rings. The summed E-state index contributed by atoms with van der Waals surface area (Å²) in [5.74, 6) is -0.250. The number of hydrogen-bond acceptors (Lipinski definition) is 3. The lowest BCUT2D eigenvalue weighted by Gasteiger charge is -2.09. The van der Waals surface area contributed by atoms with Crippen LogP contribution < -0.4 is 5.32 Å². The molecule has 1 aromatic carbocycles. The highest BCUT2D eigenvalue weighted by Crippen LogP contribution is 2.21. The third kappa shape index (κ3) is 3.50. The zero-order valence-electron chi connectivity index (χ0n) is 11.6. The Morgan fingerprint density at radius 1 is 1.00 bits per heavy atom. The van der Waals surface area contributed by atoms with Gasteiger partial charge in [-0.2, -0.15) is 0 Å². The maximum atomic E-state index is 13.3. The van der Waals surface area contributed by atoms with Gasteiger partial charge in [0.05, 0.1) is 0 Å². The van der Waals surface area contributed by atoms with Crippen LogP contribution >= 0.6 is 0 Å². The number of rotatable bonds is 5. The Morgan fingerprint density at radius 2 is 1.70 bits per heavy atom. The maximum absolute atomic E-state index is 13.3. The average Bonchev–Trinajstić information content (AvgIpc) is 2.38. The van der Waals surface area contributed by atoms with E-state index < -0.39 is 11.6 Å². The van der Waals surface area contributed by atoms with Crippen LogP contribution in [0.25, 0.3) is 11.4 Å². The summed E-state index contributed by atoms with van der Waals surface area (Å²) in [5.41, 5.74) is 1.21. The summed E-state index contributed by atoms with van der Waals surface area (Å²) in [5, 5.41) is 3.11. The summed E-state index contributed by atoms with van der Waals surface area (Å²) in [4.78, 5) is 8.68. The van der Waals surface area contributed by atoms with E-state index in [-0.39, 0.29) is 0 Å². The fourth-order valence-electron chi connectivity index (χ4n) is 1.97. The average molecular weight is 277 g/mol. The molecule has 1 aromatic heterocycles. The van der Waals surface area contributed by atoms with E-state index in [2.05, 4.69) is 22.2 Å². The lowest BCUT2D eigenvalue weighted by atomic mass is 10.2. The molecule has 1 N–H and O–H groups in total. The van der Waals surface area contributed by atoms with Crippen molar-refractivity contribution in [2.45, 2.75) is 26.7 Å². The molecule has 5 heteroatoms. The fraction of sp³-hybridized carbons (Fsp3) is 0.333. The first-order chi connectivity index (χ1) is 9.62. The predicted molar refractivity (Wildman–Crippen MR) is 75.5 cm³/mol. The minimum atomic E-state index is -0.630. The van der Waals surface area contributed by atoms with Crippen LogP contribution in [0.2, 0.25) is 0 Å². The molecule has 0 unspecified atom stereocenters. The summed E-state index contributed by atoms with van der Waals surface area (Å²) in [6, 6.07) is 5.19. The van der Waals surface area contributed by atoms with Crippen molar-refractivity contribution in [2.75, 3.05) is 11.9 Å². The first kappa shape index (κ1) is 14.4. The van der Waals surface area contributed by atoms with E-state index in [0.717, 1.165) is 31.1 Å². The lowest BCUT2D eigenvalue weighted by Crippen LogP contribution is -2.04.